The van der Waals surface area contributed by atoms with Crippen molar-refractivity contribution in [2.24, 2.45) is 5.92 Å². The molecule has 7 heteroatoms. The van der Waals surface area contributed by atoms with Crippen LogP contribution in [0, 0.1) is 5.92 Å². The van der Waals surface area contributed by atoms with Crippen LogP contribution in [0.1, 0.15) is 45.6 Å². The van der Waals surface area contributed by atoms with Crippen molar-refractivity contribution in [1.29, 1.82) is 0 Å². The Hall–Kier alpha value is -2.18. The van der Waals surface area contributed by atoms with Crippen LogP contribution in [0.3, 0.4) is 0 Å². The molecule has 0 saturated carbocycles. The van der Waals surface area contributed by atoms with Crippen LogP contribution < -0.4 is 10.1 Å². The van der Waals surface area contributed by atoms with Crippen LogP contribution in [0.5, 0.6) is 5.75 Å². The van der Waals surface area contributed by atoms with Crippen LogP contribution in [0.15, 0.2) is 53.4 Å². The third kappa shape index (κ3) is 9.30. The minimum absolute atomic E-state index is 0.0129. The van der Waals surface area contributed by atoms with E-state index in [9.17, 15) is 9.59 Å². The minimum atomic E-state index is -0.508. The van der Waals surface area contributed by atoms with E-state index in [0.717, 1.165) is 28.4 Å². The highest BCUT2D eigenvalue weighted by atomic mass is 35.5. The molecule has 0 unspecified atom stereocenters. The summed E-state index contributed by atoms with van der Waals surface area (Å²) in [5.74, 6) is 1.78. The van der Waals surface area contributed by atoms with Gasteiger partial charge in [-0.3, -0.25) is 9.59 Å². The van der Waals surface area contributed by atoms with Crippen molar-refractivity contribution in [3.05, 3.63) is 59.1 Å². The van der Waals surface area contributed by atoms with Crippen molar-refractivity contribution < 1.29 is 14.3 Å². The van der Waals surface area contributed by atoms with Gasteiger partial charge in [-0.05, 0) is 66.5 Å². The molecule has 0 spiro atoms. The summed E-state index contributed by atoms with van der Waals surface area (Å²) >= 11 is 7.64. The Morgan fingerprint density at radius 1 is 1.15 bits per heavy atom. The number of halogens is 1. The summed E-state index contributed by atoms with van der Waals surface area (Å²) in [6.07, 6.45) is 1.67. The van der Waals surface area contributed by atoms with E-state index >= 15 is 0 Å². The molecule has 0 saturated heterocycles. The molecule has 2 aromatic rings. The fourth-order valence-corrected chi connectivity index (χ4v) is 4.38. The Bertz CT molecular complexity index is 889. The van der Waals surface area contributed by atoms with E-state index in [0.29, 0.717) is 36.9 Å². The third-order valence-electron chi connectivity index (χ3n) is 5.17. The van der Waals surface area contributed by atoms with Gasteiger partial charge in [0.2, 0.25) is 11.8 Å². The summed E-state index contributed by atoms with van der Waals surface area (Å²) in [6.45, 7) is 7.02. The number of hydrogen-bond acceptors (Lipinski definition) is 4. The fraction of sp³-hybridized carbons (Fsp3) is 0.462. The van der Waals surface area contributed by atoms with E-state index in [1.54, 1.807) is 23.8 Å². The second kappa shape index (κ2) is 14.2. The molecule has 2 rings (SSSR count). The summed E-state index contributed by atoms with van der Waals surface area (Å²) in [5, 5.41) is 3.71. The Labute approximate surface area is 207 Å². The van der Waals surface area contributed by atoms with E-state index < -0.39 is 6.04 Å². The van der Waals surface area contributed by atoms with E-state index in [1.807, 2.05) is 55.5 Å². The van der Waals surface area contributed by atoms with Crippen LogP contribution >= 0.6 is 23.4 Å². The average molecular weight is 491 g/mol. The number of hydrogen-bond donors (Lipinski definition) is 1. The quantitative estimate of drug-likeness (QED) is 0.285. The van der Waals surface area contributed by atoms with Crippen molar-refractivity contribution >= 4 is 35.2 Å². The second-order valence-corrected chi connectivity index (χ2v) is 9.95. The molecular formula is C26H35ClN2O3S. The first-order valence-corrected chi connectivity index (χ1v) is 12.8. The second-order valence-electron chi connectivity index (χ2n) is 8.34. The molecule has 1 atom stereocenters. The van der Waals surface area contributed by atoms with Gasteiger partial charge in [-0.1, -0.05) is 44.5 Å². The predicted octanol–water partition coefficient (Wildman–Crippen LogP) is 5.80. The van der Waals surface area contributed by atoms with Gasteiger partial charge in [0.05, 0.1) is 7.11 Å². The zero-order valence-corrected chi connectivity index (χ0v) is 21.5. The number of methoxy groups -OCH3 is 1. The number of thioether (sulfide) groups is 1. The van der Waals surface area contributed by atoms with Crippen molar-refractivity contribution in [3.63, 3.8) is 0 Å². The molecule has 0 bridgehead atoms. The lowest BCUT2D eigenvalue weighted by atomic mass is 10.1. The summed E-state index contributed by atoms with van der Waals surface area (Å²) in [4.78, 5) is 29.1. The molecule has 5 nitrogen and oxygen atoms in total. The molecule has 0 heterocycles. The first-order valence-electron chi connectivity index (χ1n) is 11.4. The molecule has 2 amide bonds. The third-order valence-corrected chi connectivity index (χ3v) is 6.53. The normalized spacial score (nSPS) is 11.8. The SMILES string of the molecule is CC[C@@H](C(=O)NCC(C)C)N(Cc1cccc(OC)c1)C(=O)CCCSc1ccc(Cl)cc1. The van der Waals surface area contributed by atoms with E-state index in [4.69, 9.17) is 16.3 Å². The first-order chi connectivity index (χ1) is 15.8. The smallest absolute Gasteiger partial charge is 0.242 e. The standard InChI is InChI=1S/C26H35ClN2O3S/c1-5-24(26(31)28-17-19(2)3)29(18-20-8-6-9-22(16-20)32-4)25(30)10-7-15-33-23-13-11-21(27)12-14-23/h6,8-9,11-14,16,19,24H,5,7,10,15,17-18H2,1-4H3,(H,28,31)/t24-/m0/s1. The summed E-state index contributed by atoms with van der Waals surface area (Å²) < 4.78 is 5.33. The zero-order chi connectivity index (χ0) is 24.2. The van der Waals surface area contributed by atoms with Gasteiger partial charge in [0, 0.05) is 29.4 Å². The fourth-order valence-electron chi connectivity index (χ4n) is 3.40. The number of carbonyl (C=O) groups excluding carboxylic acids is 2. The van der Waals surface area contributed by atoms with Crippen LogP contribution in [0.2, 0.25) is 5.02 Å². The van der Waals surface area contributed by atoms with Gasteiger partial charge >= 0.3 is 0 Å². The molecular weight excluding hydrogens is 456 g/mol. The van der Waals surface area contributed by atoms with Gasteiger partial charge in [-0.2, -0.15) is 0 Å². The Morgan fingerprint density at radius 3 is 2.52 bits per heavy atom. The van der Waals surface area contributed by atoms with Crippen LogP contribution in [0.4, 0.5) is 0 Å². The van der Waals surface area contributed by atoms with Crippen LogP contribution in [0.25, 0.3) is 0 Å². The van der Waals surface area contributed by atoms with Gasteiger partial charge in [-0.25, -0.2) is 0 Å². The van der Waals surface area contributed by atoms with E-state index in [2.05, 4.69) is 19.2 Å². The van der Waals surface area contributed by atoms with Crippen LogP contribution in [-0.4, -0.2) is 42.2 Å². The van der Waals surface area contributed by atoms with Crippen LogP contribution in [-0.2, 0) is 16.1 Å². The van der Waals surface area contributed by atoms with Crippen molar-refractivity contribution in [2.75, 3.05) is 19.4 Å². The molecule has 0 aliphatic carbocycles. The lowest BCUT2D eigenvalue weighted by Crippen LogP contribution is -2.49. The molecule has 0 aromatic heterocycles. The summed E-state index contributed by atoms with van der Waals surface area (Å²) in [5.41, 5.74) is 0.938. The van der Waals surface area contributed by atoms with Gasteiger partial charge in [-0.15, -0.1) is 11.8 Å². The largest absolute Gasteiger partial charge is 0.497 e. The van der Waals surface area contributed by atoms with Gasteiger partial charge in [0.1, 0.15) is 11.8 Å². The van der Waals surface area contributed by atoms with Gasteiger partial charge in [0.15, 0.2) is 0 Å². The van der Waals surface area contributed by atoms with Crippen molar-refractivity contribution in [1.82, 2.24) is 10.2 Å². The molecule has 2 aromatic carbocycles. The van der Waals surface area contributed by atoms with Crippen molar-refractivity contribution in [2.45, 2.75) is 57.5 Å². The Morgan fingerprint density at radius 2 is 1.88 bits per heavy atom. The first kappa shape index (κ1) is 27.1. The summed E-state index contributed by atoms with van der Waals surface area (Å²) in [6, 6.07) is 14.8. The maximum atomic E-state index is 13.3. The Kier molecular flexibility index (Phi) is 11.6. The highest BCUT2D eigenvalue weighted by Gasteiger charge is 2.28. The molecule has 180 valence electrons. The number of carbonyl (C=O) groups is 2. The van der Waals surface area contributed by atoms with Crippen molar-refractivity contribution in [3.8, 4) is 5.75 Å². The lowest BCUT2D eigenvalue weighted by molar-refractivity contribution is -0.141. The summed E-state index contributed by atoms with van der Waals surface area (Å²) in [7, 11) is 1.62. The molecule has 1 N–H and O–H groups in total. The number of nitrogens with zero attached hydrogens (tertiary/aromatic N) is 1. The molecule has 0 fully saturated rings. The predicted molar refractivity (Wildman–Crippen MR) is 137 cm³/mol. The highest BCUT2D eigenvalue weighted by Crippen LogP contribution is 2.23. The Balaban J connectivity index is 2.07. The average Bonchev–Trinajstić information content (AvgIpc) is 2.81. The molecule has 0 aliphatic rings. The number of nitrogens with one attached hydrogen (secondary N) is 1. The highest BCUT2D eigenvalue weighted by molar-refractivity contribution is 7.99. The monoisotopic (exact) mass is 490 g/mol. The maximum Gasteiger partial charge on any atom is 0.242 e. The zero-order valence-electron chi connectivity index (χ0n) is 20.0. The van der Waals surface area contributed by atoms with Gasteiger partial charge < -0.3 is 15.0 Å². The minimum Gasteiger partial charge on any atom is -0.497 e. The molecule has 0 aliphatic heterocycles. The topological polar surface area (TPSA) is 58.6 Å². The molecule has 0 radical (unpaired) electrons. The number of ether oxygens (including phenoxy) is 1. The maximum absolute atomic E-state index is 13.3. The number of amides is 2. The van der Waals surface area contributed by atoms with E-state index in [1.165, 1.54) is 0 Å². The van der Waals surface area contributed by atoms with E-state index in [-0.39, 0.29) is 11.8 Å². The lowest BCUT2D eigenvalue weighted by Gasteiger charge is -2.31. The number of rotatable bonds is 13. The molecule has 33 heavy (non-hydrogen) atoms. The van der Waals surface area contributed by atoms with Gasteiger partial charge in [0.25, 0.3) is 0 Å². The number of benzene rings is 2.